The van der Waals surface area contributed by atoms with Gasteiger partial charge in [-0.2, -0.15) is 5.10 Å². The minimum Gasteiger partial charge on any atom is -0.505 e. The van der Waals surface area contributed by atoms with Gasteiger partial charge in [0.25, 0.3) is 5.91 Å². The van der Waals surface area contributed by atoms with E-state index in [0.717, 1.165) is 11.1 Å². The van der Waals surface area contributed by atoms with Crippen molar-refractivity contribution in [3.05, 3.63) is 77.4 Å². The Morgan fingerprint density at radius 2 is 1.63 bits per heavy atom. The summed E-state index contributed by atoms with van der Waals surface area (Å²) >= 11 is 0. The third-order valence-electron chi connectivity index (χ3n) is 5.08. The van der Waals surface area contributed by atoms with Crippen LogP contribution < -0.4 is 10.7 Å². The quantitative estimate of drug-likeness (QED) is 0.166. The molecule has 0 bridgehead atoms. The number of rotatable bonds is 7. The van der Waals surface area contributed by atoms with Crippen LogP contribution in [0.4, 0.5) is 11.4 Å². The molecule has 0 fully saturated rings. The second-order valence-corrected chi connectivity index (χ2v) is 7.54. The molecule has 0 unspecified atom stereocenters. The maximum absolute atomic E-state index is 12.7. The van der Waals surface area contributed by atoms with Gasteiger partial charge < -0.3 is 20.9 Å². The Hall–Kier alpha value is -4.46. The number of phenolic OH excluding ortho intramolecular Hbond substituents is 1. The number of hydrogen-bond acceptors (Lipinski definition) is 6. The number of carboxylic acid groups (broad SMARTS) is 1. The summed E-state index contributed by atoms with van der Waals surface area (Å²) in [5.74, 6) is -1.81. The van der Waals surface area contributed by atoms with Crippen molar-refractivity contribution in [1.29, 1.82) is 5.41 Å². The van der Waals surface area contributed by atoms with Gasteiger partial charge in [-0.3, -0.25) is 10.2 Å². The van der Waals surface area contributed by atoms with Crippen LogP contribution in [0.25, 0.3) is 11.1 Å². The number of carbonyl (C=O) groups is 2. The number of benzene rings is 3. The van der Waals surface area contributed by atoms with Gasteiger partial charge in [-0.25, -0.2) is 4.79 Å². The Kier molecular flexibility index (Phi) is 9.28. The molecule has 182 valence electrons. The Balaban J connectivity index is 0.00000210. The molecule has 0 spiro atoms. The Labute approximate surface area is 204 Å². The van der Waals surface area contributed by atoms with Gasteiger partial charge in [0, 0.05) is 11.3 Å². The first-order valence-electron chi connectivity index (χ1n) is 11.1. The highest BCUT2D eigenvalue weighted by molar-refractivity contribution is 6.67. The third-order valence-corrected chi connectivity index (χ3v) is 5.08. The van der Waals surface area contributed by atoms with Crippen molar-refractivity contribution in [1.82, 2.24) is 0 Å². The number of anilines is 2. The number of aromatic hydroxyl groups is 1. The Morgan fingerprint density at radius 3 is 2.26 bits per heavy atom. The van der Waals surface area contributed by atoms with Gasteiger partial charge >= 0.3 is 5.97 Å². The van der Waals surface area contributed by atoms with Crippen LogP contribution in [0.15, 0.2) is 65.8 Å². The lowest BCUT2D eigenvalue weighted by Crippen LogP contribution is -2.29. The fourth-order valence-corrected chi connectivity index (χ4v) is 3.12. The monoisotopic (exact) mass is 474 g/mol. The second kappa shape index (κ2) is 12.1. The van der Waals surface area contributed by atoms with Crippen molar-refractivity contribution in [3.63, 3.8) is 0 Å². The van der Waals surface area contributed by atoms with E-state index < -0.39 is 11.9 Å². The zero-order chi connectivity index (χ0) is 26.1. The van der Waals surface area contributed by atoms with Crippen molar-refractivity contribution < 1.29 is 19.8 Å². The largest absolute Gasteiger partial charge is 0.505 e. The summed E-state index contributed by atoms with van der Waals surface area (Å²) in [4.78, 5) is 24.0. The number of hydrazone groups is 1. The molecule has 0 aliphatic heterocycles. The van der Waals surface area contributed by atoms with E-state index in [-0.39, 0.29) is 28.4 Å². The van der Waals surface area contributed by atoms with E-state index in [1.165, 1.54) is 19.1 Å². The molecule has 5 N–H and O–H groups in total. The fourth-order valence-electron chi connectivity index (χ4n) is 3.12. The maximum Gasteiger partial charge on any atom is 0.335 e. The molecule has 0 aliphatic carbocycles. The first kappa shape index (κ1) is 26.8. The number of aromatic carboxylic acids is 1. The molecule has 8 heteroatoms. The molecule has 0 atom stereocenters. The summed E-state index contributed by atoms with van der Waals surface area (Å²) in [6, 6.07) is 16.5. The van der Waals surface area contributed by atoms with E-state index in [9.17, 15) is 19.8 Å². The summed E-state index contributed by atoms with van der Waals surface area (Å²) < 4.78 is 0. The molecule has 0 saturated carbocycles. The van der Waals surface area contributed by atoms with Gasteiger partial charge in [-0.1, -0.05) is 44.2 Å². The zero-order valence-corrected chi connectivity index (χ0v) is 20.4. The molecule has 0 aliphatic rings. The lowest BCUT2D eigenvalue weighted by molar-refractivity contribution is -0.110. The lowest BCUT2D eigenvalue weighted by atomic mass is 10.0. The molecule has 35 heavy (non-hydrogen) atoms. The smallest absolute Gasteiger partial charge is 0.335 e. The van der Waals surface area contributed by atoms with E-state index >= 15 is 0 Å². The number of carbonyl (C=O) groups excluding carboxylic acids is 1. The number of phenols is 1. The lowest BCUT2D eigenvalue weighted by Gasteiger charge is -2.12. The molecule has 3 aromatic rings. The van der Waals surface area contributed by atoms with E-state index in [0.29, 0.717) is 16.8 Å². The molecule has 8 nitrogen and oxygen atoms in total. The van der Waals surface area contributed by atoms with Crippen molar-refractivity contribution >= 4 is 34.7 Å². The highest BCUT2D eigenvalue weighted by Gasteiger charge is 2.16. The topological polar surface area (TPSA) is 135 Å². The number of aryl methyl sites for hydroxylation is 2. The molecule has 3 aromatic carbocycles. The van der Waals surface area contributed by atoms with Crippen LogP contribution in [0.1, 0.15) is 42.3 Å². The summed E-state index contributed by atoms with van der Waals surface area (Å²) in [5, 5.41) is 34.6. The third kappa shape index (κ3) is 6.77. The number of hydrogen-bond donors (Lipinski definition) is 5. The standard InChI is InChI=1S/C25H24N4O4.C2H6/c1-14-10-11-19(12-15(14)2)27-24(31)22(16(3)26)29-28-21-9-5-8-20(23(21)30)17-6-4-7-18(13-17)25(32)33;1-2/h4-13,26,28,30H,1-3H3,(H,27,31)(H,32,33);1-2H3/b26-16?,29-22-;. The normalized spacial score (nSPS) is 10.6. The molecule has 0 heterocycles. The Morgan fingerprint density at radius 1 is 0.943 bits per heavy atom. The van der Waals surface area contributed by atoms with Crippen molar-refractivity contribution in [2.45, 2.75) is 34.6 Å². The Bertz CT molecular complexity index is 1280. The average Bonchev–Trinajstić information content (AvgIpc) is 2.83. The van der Waals surface area contributed by atoms with Gasteiger partial charge in [0.15, 0.2) is 5.71 Å². The number of para-hydroxylation sites is 1. The van der Waals surface area contributed by atoms with E-state index in [1.807, 2.05) is 39.8 Å². The van der Waals surface area contributed by atoms with Crippen molar-refractivity contribution in [3.8, 4) is 16.9 Å². The fraction of sp³-hybridized carbons (Fsp3) is 0.185. The summed E-state index contributed by atoms with van der Waals surface area (Å²) in [5.41, 5.74) is 6.33. The molecular weight excluding hydrogens is 444 g/mol. The van der Waals surface area contributed by atoms with E-state index in [4.69, 9.17) is 5.41 Å². The second-order valence-electron chi connectivity index (χ2n) is 7.54. The highest BCUT2D eigenvalue weighted by Crippen LogP contribution is 2.35. The van der Waals surface area contributed by atoms with Crippen LogP contribution in [0, 0.1) is 19.3 Å². The van der Waals surface area contributed by atoms with Crippen LogP contribution in [-0.2, 0) is 4.79 Å². The van der Waals surface area contributed by atoms with Crippen LogP contribution in [0.2, 0.25) is 0 Å². The minimum atomic E-state index is -1.07. The average molecular weight is 475 g/mol. The molecule has 3 rings (SSSR count). The minimum absolute atomic E-state index is 0.0614. The number of carboxylic acids is 1. The summed E-state index contributed by atoms with van der Waals surface area (Å²) in [6.07, 6.45) is 0. The van der Waals surface area contributed by atoms with Crippen LogP contribution in [-0.4, -0.2) is 33.5 Å². The molecule has 0 radical (unpaired) electrons. The van der Waals surface area contributed by atoms with Crippen molar-refractivity contribution in [2.75, 3.05) is 10.7 Å². The van der Waals surface area contributed by atoms with E-state index in [2.05, 4.69) is 15.8 Å². The van der Waals surface area contributed by atoms with E-state index in [1.54, 1.807) is 36.4 Å². The van der Waals surface area contributed by atoms with Gasteiger partial charge in [0.2, 0.25) is 0 Å². The van der Waals surface area contributed by atoms with Gasteiger partial charge in [-0.05, 0) is 67.8 Å². The van der Waals surface area contributed by atoms with Crippen LogP contribution >= 0.6 is 0 Å². The van der Waals surface area contributed by atoms with Gasteiger partial charge in [0.1, 0.15) is 5.75 Å². The highest BCUT2D eigenvalue weighted by atomic mass is 16.4. The molecule has 0 saturated heterocycles. The summed E-state index contributed by atoms with van der Waals surface area (Å²) in [7, 11) is 0. The van der Waals surface area contributed by atoms with Crippen LogP contribution in [0.3, 0.4) is 0 Å². The summed E-state index contributed by atoms with van der Waals surface area (Å²) in [6.45, 7) is 9.34. The number of amides is 1. The maximum atomic E-state index is 12.7. The number of nitrogens with one attached hydrogen (secondary N) is 3. The van der Waals surface area contributed by atoms with Crippen molar-refractivity contribution in [2.24, 2.45) is 5.10 Å². The SMILES string of the molecule is CC.CC(=N)/C(=N/Nc1cccc(-c2cccc(C(=O)O)c2)c1O)C(=O)Nc1ccc(C)c(C)c1. The van der Waals surface area contributed by atoms with Gasteiger partial charge in [0.05, 0.1) is 17.0 Å². The van der Waals surface area contributed by atoms with Gasteiger partial charge in [-0.15, -0.1) is 0 Å². The molecule has 0 aromatic heterocycles. The predicted octanol–water partition coefficient (Wildman–Crippen LogP) is 5.85. The molecular formula is C27H30N4O4. The zero-order valence-electron chi connectivity index (χ0n) is 20.4. The number of nitrogens with zero attached hydrogens (tertiary/aromatic N) is 1. The van der Waals surface area contributed by atoms with Crippen LogP contribution in [0.5, 0.6) is 5.75 Å². The molecule has 1 amide bonds. The first-order chi connectivity index (χ1) is 16.7. The predicted molar refractivity (Wildman–Crippen MR) is 141 cm³/mol. The first-order valence-corrected chi connectivity index (χ1v) is 11.1.